The Morgan fingerprint density at radius 1 is 1.05 bits per heavy atom. The average molecular weight is 627 g/mol. The fourth-order valence-electron chi connectivity index (χ4n) is 3.95. The van der Waals surface area contributed by atoms with Gasteiger partial charge in [-0.25, -0.2) is 9.59 Å². The van der Waals surface area contributed by atoms with Crippen molar-refractivity contribution in [1.82, 2.24) is 5.32 Å². The van der Waals surface area contributed by atoms with Crippen molar-refractivity contribution in [3.05, 3.63) is 28.8 Å². The van der Waals surface area contributed by atoms with Crippen LogP contribution in [0.25, 0.3) is 6.08 Å². The van der Waals surface area contributed by atoms with Gasteiger partial charge in [0, 0.05) is 19.0 Å². The van der Waals surface area contributed by atoms with Gasteiger partial charge in [0.2, 0.25) is 12.0 Å². The van der Waals surface area contributed by atoms with Crippen LogP contribution in [-0.4, -0.2) is 68.2 Å². The molecule has 2 atom stereocenters. The van der Waals surface area contributed by atoms with Crippen molar-refractivity contribution in [2.75, 3.05) is 19.8 Å². The number of esters is 2. The van der Waals surface area contributed by atoms with Gasteiger partial charge in [-0.05, 0) is 55.9 Å². The highest BCUT2D eigenvalue weighted by molar-refractivity contribution is 5.96. The first-order chi connectivity index (χ1) is 20.0. The van der Waals surface area contributed by atoms with E-state index in [2.05, 4.69) is 15.0 Å². The lowest BCUT2D eigenvalue weighted by Crippen LogP contribution is -2.41. The summed E-state index contributed by atoms with van der Waals surface area (Å²) >= 11 is 0. The molecule has 43 heavy (non-hydrogen) atoms. The fourth-order valence-corrected chi connectivity index (χ4v) is 3.95. The number of nitrogens with zero attached hydrogens (tertiary/aromatic N) is 1. The van der Waals surface area contributed by atoms with Crippen molar-refractivity contribution in [2.24, 2.45) is 16.5 Å². The third kappa shape index (κ3) is 11.5. The summed E-state index contributed by atoms with van der Waals surface area (Å²) in [5.74, 6) is -3.73. The van der Waals surface area contributed by atoms with Crippen LogP contribution in [0.4, 0.5) is 26.3 Å². The second kappa shape index (κ2) is 15.3. The lowest BCUT2D eigenvalue weighted by atomic mass is 9.97. The van der Waals surface area contributed by atoms with Crippen molar-refractivity contribution < 1.29 is 59.7 Å². The first kappa shape index (κ1) is 35.0. The van der Waals surface area contributed by atoms with E-state index in [0.29, 0.717) is 6.42 Å². The van der Waals surface area contributed by atoms with E-state index in [9.17, 15) is 40.7 Å². The first-order valence-electron chi connectivity index (χ1n) is 13.1. The number of fused-ring (bicyclic) bond motifs is 1. The van der Waals surface area contributed by atoms with E-state index in [0.717, 1.165) is 18.2 Å². The normalized spacial score (nSPS) is 15.3. The monoisotopic (exact) mass is 626 g/mol. The molecule has 0 bridgehead atoms. The molecule has 0 radical (unpaired) electrons. The second-order valence-electron chi connectivity index (χ2n) is 9.25. The van der Waals surface area contributed by atoms with Gasteiger partial charge in [0.1, 0.15) is 17.5 Å². The zero-order chi connectivity index (χ0) is 32.4. The average Bonchev–Trinajstić information content (AvgIpc) is 2.88. The molecule has 1 unspecified atom stereocenters. The minimum atomic E-state index is -5.05. The molecule has 5 N–H and O–H groups in total. The highest BCUT2D eigenvalue weighted by atomic mass is 19.4. The zero-order valence-corrected chi connectivity index (χ0v) is 23.3. The Bertz CT molecular complexity index is 1210. The summed E-state index contributed by atoms with van der Waals surface area (Å²) in [4.78, 5) is 40.1. The minimum absolute atomic E-state index is 0.0127. The van der Waals surface area contributed by atoms with Crippen molar-refractivity contribution >= 4 is 29.9 Å². The van der Waals surface area contributed by atoms with Crippen LogP contribution in [0, 0.1) is 0 Å². The quantitative estimate of drug-likeness (QED) is 0.0924. The molecule has 1 aliphatic heterocycles. The number of nitrogens with two attached hydrogens (primary N) is 2. The molecule has 0 spiro atoms. The third-order valence-corrected chi connectivity index (χ3v) is 5.77. The minimum Gasteiger partial charge on any atom is -0.475 e. The Morgan fingerprint density at radius 2 is 1.70 bits per heavy atom. The smallest absolute Gasteiger partial charge is 0.475 e. The van der Waals surface area contributed by atoms with Crippen LogP contribution in [0.2, 0.25) is 0 Å². The van der Waals surface area contributed by atoms with Crippen molar-refractivity contribution in [1.29, 1.82) is 0 Å². The van der Waals surface area contributed by atoms with E-state index < -0.39 is 53.9 Å². The molecule has 0 saturated heterocycles. The van der Waals surface area contributed by atoms with Crippen LogP contribution in [-0.2, 0) is 30.3 Å². The lowest BCUT2D eigenvalue weighted by Gasteiger charge is -2.29. The van der Waals surface area contributed by atoms with Crippen molar-refractivity contribution in [3.8, 4) is 11.5 Å². The van der Waals surface area contributed by atoms with Gasteiger partial charge in [-0.1, -0.05) is 6.92 Å². The molecule has 1 aliphatic rings. The number of ether oxygens (including phenoxy) is 4. The number of guanidine groups is 1. The maximum atomic E-state index is 13.8. The molecule has 17 heteroatoms. The summed E-state index contributed by atoms with van der Waals surface area (Å²) in [7, 11) is 0. The number of rotatable bonds is 14. The van der Waals surface area contributed by atoms with Gasteiger partial charge in [-0.2, -0.15) is 13.2 Å². The maximum Gasteiger partial charge on any atom is 0.573 e. The van der Waals surface area contributed by atoms with Gasteiger partial charge in [-0.3, -0.25) is 9.79 Å². The first-order valence-corrected chi connectivity index (χ1v) is 13.1. The number of aryl methyl sites for hydroxylation is 1. The number of carbonyl (C=O) groups excluding carboxylic acids is 3. The fraction of sp³-hybridized carbons (Fsp3) is 0.538. The third-order valence-electron chi connectivity index (χ3n) is 5.77. The van der Waals surface area contributed by atoms with Crippen molar-refractivity contribution in [2.45, 2.75) is 70.6 Å². The number of carbonyl (C=O) groups is 3. The van der Waals surface area contributed by atoms with E-state index in [1.165, 1.54) is 13.8 Å². The summed E-state index contributed by atoms with van der Waals surface area (Å²) in [6.07, 6.45) is -11.2. The topological polar surface area (TPSA) is 165 Å². The molecule has 0 saturated carbocycles. The van der Waals surface area contributed by atoms with Gasteiger partial charge < -0.3 is 35.7 Å². The van der Waals surface area contributed by atoms with Crippen LogP contribution in [0.3, 0.4) is 0 Å². The number of hydrogen-bond acceptors (Lipinski definition) is 8. The number of alkyl halides is 6. The number of nitrogens with one attached hydrogen (secondary N) is 1. The predicted molar refractivity (Wildman–Crippen MR) is 140 cm³/mol. The molecule has 1 amide bonds. The summed E-state index contributed by atoms with van der Waals surface area (Å²) < 4.78 is 98.6. The van der Waals surface area contributed by atoms with E-state index >= 15 is 0 Å². The summed E-state index contributed by atoms with van der Waals surface area (Å²) in [6.45, 7) is 2.43. The number of hydrogen-bond donors (Lipinski definition) is 3. The Hall–Kier alpha value is -4.18. The lowest BCUT2D eigenvalue weighted by molar-refractivity contribution is -0.274. The van der Waals surface area contributed by atoms with Gasteiger partial charge in [0.05, 0.1) is 18.8 Å². The molecule has 0 fully saturated rings. The molecule has 1 aromatic rings. The zero-order valence-electron chi connectivity index (χ0n) is 23.3. The standard InChI is InChI=1S/C26H32F6N4O7/c1-3-15-11-17(43-26(30,31)32)12-16-13-18(21(25(27,28)29)42-20(15)16)22(38)40-9-4-5-10-41-23(39)19(36-14(2)37)7-6-8-35-24(33)34/h11-13,19,21H,3-10H2,1-2H3,(H,36,37)(H4,33,34,35)/t19-,21?/m0/s1. The molecule has 240 valence electrons. The van der Waals surface area contributed by atoms with E-state index in [1.54, 1.807) is 0 Å². The van der Waals surface area contributed by atoms with Crippen LogP contribution in [0.5, 0.6) is 11.5 Å². The Kier molecular flexibility index (Phi) is 12.5. The molecule has 11 nitrogen and oxygen atoms in total. The van der Waals surface area contributed by atoms with Gasteiger partial charge in [0.25, 0.3) is 0 Å². The summed E-state index contributed by atoms with van der Waals surface area (Å²) in [5, 5.41) is 2.45. The number of halogens is 6. The SMILES string of the molecule is CCc1cc(OC(F)(F)F)cc2c1OC(C(F)(F)F)C(C(=O)OCCCCOC(=O)[C@H](CCCN=C(N)N)NC(C)=O)=C2. The van der Waals surface area contributed by atoms with Gasteiger partial charge in [-0.15, -0.1) is 13.2 Å². The maximum absolute atomic E-state index is 13.8. The number of aliphatic imine (C=N–C) groups is 1. The summed E-state index contributed by atoms with van der Waals surface area (Å²) in [6, 6.07) is 0.764. The number of benzene rings is 1. The molecular weight excluding hydrogens is 594 g/mol. The Morgan fingerprint density at radius 3 is 2.26 bits per heavy atom. The van der Waals surface area contributed by atoms with Gasteiger partial charge in [0.15, 0.2) is 5.96 Å². The number of amides is 1. The molecule has 1 heterocycles. The largest absolute Gasteiger partial charge is 0.573 e. The molecule has 0 aromatic heterocycles. The van der Waals surface area contributed by atoms with Crippen LogP contribution < -0.4 is 26.3 Å². The highest BCUT2D eigenvalue weighted by Gasteiger charge is 2.49. The van der Waals surface area contributed by atoms with E-state index in [-0.39, 0.29) is 68.3 Å². The second-order valence-corrected chi connectivity index (χ2v) is 9.25. The molecule has 0 aliphatic carbocycles. The van der Waals surface area contributed by atoms with Gasteiger partial charge >= 0.3 is 24.5 Å². The molecule has 1 aromatic carbocycles. The van der Waals surface area contributed by atoms with Crippen molar-refractivity contribution in [3.63, 3.8) is 0 Å². The summed E-state index contributed by atoms with van der Waals surface area (Å²) in [5.41, 5.74) is 9.30. The highest BCUT2D eigenvalue weighted by Crippen LogP contribution is 2.42. The van der Waals surface area contributed by atoms with Crippen LogP contribution >= 0.6 is 0 Å². The van der Waals surface area contributed by atoms with Crippen LogP contribution in [0.1, 0.15) is 50.7 Å². The predicted octanol–water partition coefficient (Wildman–Crippen LogP) is 3.28. The van der Waals surface area contributed by atoms with E-state index in [4.69, 9.17) is 25.7 Å². The molecule has 2 rings (SSSR count). The Labute approximate surface area is 242 Å². The Balaban J connectivity index is 2.00. The van der Waals surface area contributed by atoms with Crippen LogP contribution in [0.15, 0.2) is 22.7 Å². The van der Waals surface area contributed by atoms with E-state index in [1.807, 2.05) is 0 Å². The number of unbranched alkanes of at least 4 members (excludes halogenated alkanes) is 1. The molecular formula is C26H32F6N4O7.